The molecule has 8 heteroatoms. The highest BCUT2D eigenvalue weighted by molar-refractivity contribution is 9.15. The van der Waals surface area contributed by atoms with Gasteiger partial charge in [0.2, 0.25) is 0 Å². The first kappa shape index (κ1) is 16.4. The van der Waals surface area contributed by atoms with Crippen LogP contribution in [0.5, 0.6) is 0 Å². The predicted molar refractivity (Wildman–Crippen MR) is 86.2 cm³/mol. The molecule has 1 rings (SSSR count). The minimum absolute atomic E-state index is 0.350. The quantitative estimate of drug-likeness (QED) is 0.223. The van der Waals surface area contributed by atoms with Crippen molar-refractivity contribution in [3.63, 3.8) is 0 Å². The number of aliphatic carboxylic acids is 1. The second kappa shape index (κ2) is 6.66. The minimum atomic E-state index is -1.27. The van der Waals surface area contributed by atoms with Crippen LogP contribution in [0.2, 0.25) is 0 Å². The molecule has 0 aliphatic rings. The lowest BCUT2D eigenvalue weighted by Crippen LogP contribution is -1.98. The van der Waals surface area contributed by atoms with Crippen molar-refractivity contribution in [3.8, 4) is 6.07 Å². The fourth-order valence-electron chi connectivity index (χ4n) is 1.03. The topological polar surface area (TPSA) is 61.1 Å². The van der Waals surface area contributed by atoms with Crippen LogP contribution in [0.15, 0.2) is 27.9 Å². The van der Waals surface area contributed by atoms with Gasteiger partial charge in [0, 0.05) is 27.9 Å². The second-order valence-electron chi connectivity index (χ2n) is 2.96. The Morgan fingerprint density at radius 3 is 1.72 bits per heavy atom. The van der Waals surface area contributed by atoms with Crippen molar-refractivity contribution in [1.82, 2.24) is 0 Å². The van der Waals surface area contributed by atoms with Gasteiger partial charge in [0.05, 0.1) is 0 Å². The van der Waals surface area contributed by atoms with Crippen LogP contribution < -0.4 is 0 Å². The maximum absolute atomic E-state index is 10.8. The molecule has 0 radical (unpaired) electrons. The number of carbonyl (C=O) groups is 1. The molecular weight excluding hydrogens is 566 g/mol. The smallest absolute Gasteiger partial charge is 0.346 e. The van der Waals surface area contributed by atoms with Gasteiger partial charge in [0.25, 0.3) is 0 Å². The van der Waals surface area contributed by atoms with E-state index in [1.165, 1.54) is 6.08 Å². The number of hydrogen-bond acceptors (Lipinski definition) is 2. The number of hydrogen-bond donors (Lipinski definition) is 1. The molecule has 0 fully saturated rings. The molecule has 94 valence electrons. The van der Waals surface area contributed by atoms with Crippen molar-refractivity contribution in [2.24, 2.45) is 0 Å². The SMILES string of the molecule is N#C/C(=C\c1c(Br)c(Br)c(Br)c(Br)c1Br)C(=O)O. The molecule has 0 heterocycles. The lowest BCUT2D eigenvalue weighted by Gasteiger charge is -2.10. The summed E-state index contributed by atoms with van der Waals surface area (Å²) in [5, 5.41) is 17.6. The largest absolute Gasteiger partial charge is 0.477 e. The van der Waals surface area contributed by atoms with Crippen LogP contribution in [-0.2, 0) is 4.79 Å². The summed E-state index contributed by atoms with van der Waals surface area (Å²) in [6.07, 6.45) is 1.29. The van der Waals surface area contributed by atoms with Crippen molar-refractivity contribution in [1.29, 1.82) is 5.26 Å². The maximum atomic E-state index is 10.8. The Kier molecular flexibility index (Phi) is 6.06. The summed E-state index contributed by atoms with van der Waals surface area (Å²) >= 11 is 16.8. The van der Waals surface area contributed by atoms with Crippen LogP contribution in [0.1, 0.15) is 5.56 Å². The van der Waals surface area contributed by atoms with Crippen molar-refractivity contribution in [2.75, 3.05) is 0 Å². The van der Waals surface area contributed by atoms with E-state index in [9.17, 15) is 4.79 Å². The highest BCUT2D eigenvalue weighted by Crippen LogP contribution is 2.45. The lowest BCUT2D eigenvalue weighted by molar-refractivity contribution is -0.132. The van der Waals surface area contributed by atoms with Gasteiger partial charge in [-0.3, -0.25) is 0 Å². The third-order valence-corrected chi connectivity index (χ3v) is 8.04. The van der Waals surface area contributed by atoms with E-state index in [0.29, 0.717) is 23.5 Å². The Bertz CT molecular complexity index is 574. The molecule has 0 saturated carbocycles. The summed E-state index contributed by atoms with van der Waals surface area (Å²) in [6, 6.07) is 1.64. The Balaban J connectivity index is 3.63. The number of carboxylic acids is 1. The zero-order valence-corrected chi connectivity index (χ0v) is 16.2. The van der Waals surface area contributed by atoms with Crippen LogP contribution >= 0.6 is 79.6 Å². The van der Waals surface area contributed by atoms with Gasteiger partial charge in [-0.25, -0.2) is 4.79 Å². The molecule has 1 aromatic rings. The summed E-state index contributed by atoms with van der Waals surface area (Å²) in [5.74, 6) is -1.27. The average Bonchev–Trinajstić information content (AvgIpc) is 2.34. The summed E-state index contributed by atoms with van der Waals surface area (Å²) in [6.45, 7) is 0. The third-order valence-electron chi connectivity index (χ3n) is 1.88. The van der Waals surface area contributed by atoms with Crippen LogP contribution in [0.4, 0.5) is 0 Å². The Morgan fingerprint density at radius 1 is 1.00 bits per heavy atom. The van der Waals surface area contributed by atoms with Crippen LogP contribution in [0, 0.1) is 11.3 Å². The first-order valence-corrected chi connectivity index (χ1v) is 8.14. The first-order valence-electron chi connectivity index (χ1n) is 4.17. The number of benzene rings is 1. The predicted octanol–water partition coefficient (Wildman–Crippen LogP) is 5.49. The Labute approximate surface area is 145 Å². The molecule has 0 spiro atoms. The van der Waals surface area contributed by atoms with Gasteiger partial charge in [0.1, 0.15) is 11.6 Å². The van der Waals surface area contributed by atoms with E-state index in [2.05, 4.69) is 79.6 Å². The van der Waals surface area contributed by atoms with Crippen LogP contribution in [0.3, 0.4) is 0 Å². The normalized spacial score (nSPS) is 11.2. The van der Waals surface area contributed by atoms with Gasteiger partial charge < -0.3 is 5.11 Å². The summed E-state index contributed by atoms with van der Waals surface area (Å²) < 4.78 is 3.47. The minimum Gasteiger partial charge on any atom is -0.477 e. The van der Waals surface area contributed by atoms with Gasteiger partial charge in [-0.2, -0.15) is 5.26 Å². The molecule has 0 unspecified atom stereocenters. The first-order chi connectivity index (χ1) is 8.31. The van der Waals surface area contributed by atoms with E-state index in [0.717, 1.165) is 4.47 Å². The Hall–Kier alpha value is 0.320. The zero-order chi connectivity index (χ0) is 14.0. The van der Waals surface area contributed by atoms with Crippen LogP contribution in [-0.4, -0.2) is 11.1 Å². The van der Waals surface area contributed by atoms with Crippen LogP contribution in [0.25, 0.3) is 6.08 Å². The number of nitriles is 1. The van der Waals surface area contributed by atoms with E-state index >= 15 is 0 Å². The highest BCUT2D eigenvalue weighted by atomic mass is 79.9. The molecule has 0 amide bonds. The molecule has 0 aliphatic heterocycles. The van der Waals surface area contributed by atoms with Gasteiger partial charge in [-0.1, -0.05) is 0 Å². The molecule has 0 aliphatic carbocycles. The van der Waals surface area contributed by atoms with E-state index in [-0.39, 0.29) is 5.57 Å². The molecule has 1 aromatic carbocycles. The molecule has 0 aromatic heterocycles. The summed E-state index contributed by atoms with van der Waals surface area (Å²) in [4.78, 5) is 10.8. The maximum Gasteiger partial charge on any atom is 0.346 e. The summed E-state index contributed by atoms with van der Waals surface area (Å²) in [5.41, 5.74) is 0.202. The molecule has 0 bridgehead atoms. The third kappa shape index (κ3) is 3.25. The lowest BCUT2D eigenvalue weighted by atomic mass is 10.1. The highest BCUT2D eigenvalue weighted by Gasteiger charge is 2.18. The number of rotatable bonds is 2. The fraction of sp³-hybridized carbons (Fsp3) is 0. The number of halogens is 5. The molecule has 3 nitrogen and oxygen atoms in total. The van der Waals surface area contributed by atoms with E-state index in [4.69, 9.17) is 10.4 Å². The summed E-state index contributed by atoms with van der Waals surface area (Å²) in [7, 11) is 0. The average molecular weight is 568 g/mol. The second-order valence-corrected chi connectivity index (χ2v) is 6.92. The van der Waals surface area contributed by atoms with E-state index < -0.39 is 5.97 Å². The standard InChI is InChI=1S/C10H2Br5NO2/c11-5-4(1-3(2-16)10(17)18)6(12)8(14)9(15)7(5)13/h1H,(H,17,18)/b3-1+. The number of carboxylic acid groups (broad SMARTS) is 1. The molecular formula is C10H2Br5NO2. The van der Waals surface area contributed by atoms with Crippen molar-refractivity contribution in [2.45, 2.75) is 0 Å². The number of nitrogens with zero attached hydrogens (tertiary/aromatic N) is 1. The molecule has 18 heavy (non-hydrogen) atoms. The van der Waals surface area contributed by atoms with Crippen molar-refractivity contribution >= 4 is 91.7 Å². The van der Waals surface area contributed by atoms with Gasteiger partial charge in [-0.15, -0.1) is 0 Å². The van der Waals surface area contributed by atoms with Crippen molar-refractivity contribution in [3.05, 3.63) is 33.5 Å². The van der Waals surface area contributed by atoms with Crippen molar-refractivity contribution < 1.29 is 9.90 Å². The molecule has 0 saturated heterocycles. The van der Waals surface area contributed by atoms with Gasteiger partial charge >= 0.3 is 5.97 Å². The van der Waals surface area contributed by atoms with Gasteiger partial charge in [-0.05, 0) is 85.7 Å². The van der Waals surface area contributed by atoms with E-state index in [1.807, 2.05) is 0 Å². The molecule has 1 N–H and O–H groups in total. The molecule has 0 atom stereocenters. The fourth-order valence-corrected chi connectivity index (χ4v) is 4.34. The van der Waals surface area contributed by atoms with E-state index in [1.54, 1.807) is 6.07 Å². The Morgan fingerprint density at radius 2 is 1.39 bits per heavy atom. The monoisotopic (exact) mass is 563 g/mol. The van der Waals surface area contributed by atoms with Gasteiger partial charge in [0.15, 0.2) is 0 Å². The zero-order valence-electron chi connectivity index (χ0n) is 8.27.